The average molecular weight is 700 g/mol. The van der Waals surface area contributed by atoms with Crippen LogP contribution in [0.2, 0.25) is 0 Å². The Labute approximate surface area is 304 Å². The first-order chi connectivity index (χ1) is 25.8. The van der Waals surface area contributed by atoms with E-state index in [2.05, 4.69) is 0 Å². The first kappa shape index (κ1) is 34.2. The second-order valence-corrected chi connectivity index (χ2v) is 12.1. The van der Waals surface area contributed by atoms with Crippen LogP contribution < -0.4 is 4.90 Å². The molecule has 0 aromatic heterocycles. The normalized spacial score (nSPS) is 13.1. The molecule has 0 saturated carbocycles. The van der Waals surface area contributed by atoms with Crippen molar-refractivity contribution in [3.63, 3.8) is 0 Å². The summed E-state index contributed by atoms with van der Waals surface area (Å²) in [6.45, 7) is 0. The maximum absolute atomic E-state index is 13.7. The van der Waals surface area contributed by atoms with Gasteiger partial charge >= 0.3 is 11.9 Å². The van der Waals surface area contributed by atoms with Gasteiger partial charge in [-0.2, -0.15) is 0 Å². The topological polar surface area (TPSA) is 124 Å². The van der Waals surface area contributed by atoms with Crippen LogP contribution in [0.25, 0.3) is 0 Å². The van der Waals surface area contributed by atoms with Crippen molar-refractivity contribution in [3.8, 4) is 0 Å². The summed E-state index contributed by atoms with van der Waals surface area (Å²) in [5.41, 5.74) is 1.67. The molecule has 0 aliphatic carbocycles. The summed E-state index contributed by atoms with van der Waals surface area (Å²) < 4.78 is 11.5. The van der Waals surface area contributed by atoms with Crippen LogP contribution in [-0.4, -0.2) is 35.3 Å². The smallest absolute Gasteiger partial charge is 0.339 e. The second kappa shape index (κ2) is 14.9. The molecule has 6 aromatic rings. The van der Waals surface area contributed by atoms with E-state index in [1.807, 2.05) is 0 Å². The number of hydrogen-bond acceptors (Lipinski definition) is 8. The summed E-state index contributed by atoms with van der Waals surface area (Å²) >= 11 is 0. The molecule has 0 bridgehead atoms. The fourth-order valence-electron chi connectivity index (χ4n) is 6.03. The third kappa shape index (κ3) is 7.04. The van der Waals surface area contributed by atoms with Gasteiger partial charge in [0.2, 0.25) is 11.6 Å². The van der Waals surface area contributed by atoms with Gasteiger partial charge in [-0.3, -0.25) is 19.2 Å². The van der Waals surface area contributed by atoms with Crippen molar-refractivity contribution in [2.75, 3.05) is 4.90 Å². The third-order valence-corrected chi connectivity index (χ3v) is 8.71. The number of benzene rings is 6. The van der Waals surface area contributed by atoms with Gasteiger partial charge in [0.15, 0.2) is 12.2 Å². The van der Waals surface area contributed by atoms with E-state index in [1.165, 1.54) is 42.5 Å². The van der Waals surface area contributed by atoms with Gasteiger partial charge in [-0.1, -0.05) is 127 Å². The van der Waals surface area contributed by atoms with Crippen molar-refractivity contribution < 1.29 is 38.2 Å². The highest BCUT2D eigenvalue weighted by molar-refractivity contribution is 6.34. The van der Waals surface area contributed by atoms with E-state index in [4.69, 9.17) is 9.47 Å². The molecule has 258 valence electrons. The number of ketones is 2. The number of amides is 2. The molecule has 6 aromatic carbocycles. The molecule has 0 fully saturated rings. The Balaban J connectivity index is 1.12. The molecule has 1 aliphatic rings. The van der Waals surface area contributed by atoms with Crippen LogP contribution in [-0.2, 0) is 9.47 Å². The van der Waals surface area contributed by atoms with Crippen molar-refractivity contribution in [2.24, 2.45) is 0 Å². The van der Waals surface area contributed by atoms with Crippen LogP contribution in [0.15, 0.2) is 164 Å². The Morgan fingerprint density at radius 2 is 0.830 bits per heavy atom. The van der Waals surface area contributed by atoms with Crippen LogP contribution in [0.4, 0.5) is 5.69 Å². The quantitative estimate of drug-likeness (QED) is 0.0756. The number of esters is 2. The lowest BCUT2D eigenvalue weighted by atomic mass is 9.99. The highest BCUT2D eigenvalue weighted by Gasteiger charge is 2.38. The van der Waals surface area contributed by atoms with Gasteiger partial charge < -0.3 is 9.47 Å². The largest absolute Gasteiger partial charge is 0.445 e. The van der Waals surface area contributed by atoms with Gasteiger partial charge in [0.25, 0.3) is 11.8 Å². The van der Waals surface area contributed by atoms with Crippen LogP contribution in [0.1, 0.15) is 85.5 Å². The predicted molar refractivity (Wildman–Crippen MR) is 195 cm³/mol. The van der Waals surface area contributed by atoms with Crippen molar-refractivity contribution in [1.82, 2.24) is 0 Å². The molecule has 0 spiro atoms. The monoisotopic (exact) mass is 699 g/mol. The molecule has 1 heterocycles. The number of carbonyl (C=O) groups excluding carboxylic acids is 6. The summed E-state index contributed by atoms with van der Waals surface area (Å²) in [5.74, 6) is -3.96. The molecule has 1 aliphatic heterocycles. The molecular formula is C44H29NO8. The fourth-order valence-corrected chi connectivity index (χ4v) is 6.03. The number of fused-ring (bicyclic) bond motifs is 1. The van der Waals surface area contributed by atoms with E-state index in [-0.39, 0.29) is 27.9 Å². The molecule has 2 atom stereocenters. The molecular weight excluding hydrogens is 670 g/mol. The van der Waals surface area contributed by atoms with Crippen LogP contribution in [0.5, 0.6) is 0 Å². The van der Waals surface area contributed by atoms with Crippen molar-refractivity contribution >= 4 is 41.0 Å². The van der Waals surface area contributed by atoms with Crippen LogP contribution >= 0.6 is 0 Å². The maximum Gasteiger partial charge on any atom is 0.339 e. The summed E-state index contributed by atoms with van der Waals surface area (Å²) in [4.78, 5) is 82.2. The minimum Gasteiger partial charge on any atom is -0.445 e. The summed E-state index contributed by atoms with van der Waals surface area (Å²) in [6.07, 6.45) is -2.52. The number of ether oxygens (including phenoxy) is 2. The first-order valence-corrected chi connectivity index (χ1v) is 16.6. The highest BCUT2D eigenvalue weighted by Crippen LogP contribution is 2.32. The Bertz CT molecular complexity index is 2360. The van der Waals surface area contributed by atoms with E-state index in [0.717, 1.165) is 4.90 Å². The Morgan fingerprint density at radius 1 is 0.415 bits per heavy atom. The van der Waals surface area contributed by atoms with E-state index < -0.39 is 47.5 Å². The predicted octanol–water partition coefficient (Wildman–Crippen LogP) is 8.05. The molecule has 2 amide bonds. The number of rotatable bonds is 11. The van der Waals surface area contributed by atoms with Crippen molar-refractivity contribution in [3.05, 3.63) is 208 Å². The summed E-state index contributed by atoms with van der Waals surface area (Å²) in [7, 11) is 0. The Hall–Kier alpha value is -7.26. The Kier molecular flexibility index (Phi) is 9.63. The molecule has 0 saturated heterocycles. The zero-order valence-electron chi connectivity index (χ0n) is 28.0. The number of Topliss-reactive ketones (excluding diaryl/α,β-unsaturated/α-hetero) is 2. The van der Waals surface area contributed by atoms with Gasteiger partial charge in [-0.05, 0) is 36.4 Å². The zero-order valence-corrected chi connectivity index (χ0v) is 28.0. The van der Waals surface area contributed by atoms with E-state index in [9.17, 15) is 28.8 Å². The van der Waals surface area contributed by atoms with E-state index >= 15 is 0 Å². The van der Waals surface area contributed by atoms with Crippen LogP contribution in [0, 0.1) is 0 Å². The van der Waals surface area contributed by atoms with Crippen molar-refractivity contribution in [2.45, 2.75) is 12.2 Å². The maximum atomic E-state index is 13.7. The number of carbonyl (C=O) groups is 6. The highest BCUT2D eigenvalue weighted by atomic mass is 16.6. The lowest BCUT2D eigenvalue weighted by molar-refractivity contribution is 0.0278. The Morgan fingerprint density at radius 3 is 1.32 bits per heavy atom. The zero-order chi connectivity index (χ0) is 36.9. The third-order valence-electron chi connectivity index (χ3n) is 8.71. The van der Waals surface area contributed by atoms with Gasteiger partial charge in [0.05, 0.1) is 27.9 Å². The fraction of sp³-hybridized carbons (Fsp3) is 0.0455. The van der Waals surface area contributed by atoms with Crippen LogP contribution in [0.3, 0.4) is 0 Å². The summed E-state index contributed by atoms with van der Waals surface area (Å²) in [5, 5.41) is 0. The number of imide groups is 1. The first-order valence-electron chi connectivity index (χ1n) is 16.6. The standard InChI is InChI=1S/C44H29NO8/c46-37(28-14-5-1-6-15-28)39(30-18-9-3-10-19-30)52-43(50)32-22-13-23-34(26-32)45-41(48)35-25-24-33(27-36(35)42(45)49)44(51)53-40(31-20-11-4-12-21-31)38(47)29-16-7-2-8-17-29/h1-27,39-40H/t39-,40+/m1/s1. The average Bonchev–Trinajstić information content (AvgIpc) is 3.47. The molecule has 53 heavy (non-hydrogen) atoms. The molecule has 9 heteroatoms. The van der Waals surface area contributed by atoms with Gasteiger partial charge in [-0.15, -0.1) is 0 Å². The lowest BCUT2D eigenvalue weighted by Gasteiger charge is -2.19. The van der Waals surface area contributed by atoms with E-state index in [1.54, 1.807) is 121 Å². The summed E-state index contributed by atoms with van der Waals surface area (Å²) in [6, 6.07) is 43.8. The minimum atomic E-state index is -1.26. The second-order valence-electron chi connectivity index (χ2n) is 12.1. The van der Waals surface area contributed by atoms with Gasteiger partial charge in [-0.25, -0.2) is 14.5 Å². The van der Waals surface area contributed by atoms with Gasteiger partial charge in [0, 0.05) is 22.3 Å². The molecule has 0 unspecified atom stereocenters. The van der Waals surface area contributed by atoms with Crippen molar-refractivity contribution in [1.29, 1.82) is 0 Å². The number of anilines is 1. The molecule has 7 rings (SSSR count). The lowest BCUT2D eigenvalue weighted by Crippen LogP contribution is -2.29. The molecule has 9 nitrogen and oxygen atoms in total. The molecule has 0 radical (unpaired) electrons. The SMILES string of the molecule is O=C(O[C@H](C(=O)c1ccccc1)c1ccccc1)c1ccc2c(c1)C(=O)N(c1cccc(C(=O)O[C@@H](C(=O)c3ccccc3)c3ccccc3)c1)C2=O. The van der Waals surface area contributed by atoms with E-state index in [0.29, 0.717) is 22.3 Å². The van der Waals surface area contributed by atoms with Gasteiger partial charge in [0.1, 0.15) is 0 Å². The number of nitrogens with zero attached hydrogens (tertiary/aromatic N) is 1. The minimum absolute atomic E-state index is 0.000141. The molecule has 0 N–H and O–H groups in total. The number of hydrogen-bond donors (Lipinski definition) is 0.